The molecule has 0 radical (unpaired) electrons. The molecule has 0 aliphatic carbocycles. The van der Waals surface area contributed by atoms with Gasteiger partial charge in [-0.3, -0.25) is 4.79 Å². The SMILES string of the molecule is CCOc1ccc(NC(=O)/C(C#N)=C/c2cc(Br)c(OCc3ccccc3Br)c(OC)c2)cc1. The minimum absolute atomic E-state index is 0.0512. The van der Waals surface area contributed by atoms with Crippen LogP contribution in [0, 0.1) is 11.3 Å². The van der Waals surface area contributed by atoms with Crippen molar-refractivity contribution in [3.63, 3.8) is 0 Å². The summed E-state index contributed by atoms with van der Waals surface area (Å²) in [7, 11) is 1.53. The smallest absolute Gasteiger partial charge is 0.266 e. The summed E-state index contributed by atoms with van der Waals surface area (Å²) in [6.45, 7) is 2.78. The molecular formula is C26H22Br2N2O4. The van der Waals surface area contributed by atoms with Crippen LogP contribution in [0.25, 0.3) is 6.08 Å². The van der Waals surface area contributed by atoms with Crippen molar-refractivity contribution in [2.24, 2.45) is 0 Å². The van der Waals surface area contributed by atoms with Crippen molar-refractivity contribution in [3.05, 3.63) is 86.3 Å². The Morgan fingerprint density at radius 3 is 2.44 bits per heavy atom. The van der Waals surface area contributed by atoms with Gasteiger partial charge >= 0.3 is 0 Å². The number of halogens is 2. The van der Waals surface area contributed by atoms with Crippen LogP contribution in [0.1, 0.15) is 18.1 Å². The summed E-state index contributed by atoms with van der Waals surface area (Å²) in [5.74, 6) is 1.18. The van der Waals surface area contributed by atoms with E-state index in [1.807, 2.05) is 37.3 Å². The normalized spacial score (nSPS) is 10.9. The fraction of sp³-hybridized carbons (Fsp3) is 0.154. The van der Waals surface area contributed by atoms with Gasteiger partial charge in [0.1, 0.15) is 24.0 Å². The van der Waals surface area contributed by atoms with Crippen molar-refractivity contribution in [2.45, 2.75) is 13.5 Å². The van der Waals surface area contributed by atoms with Crippen molar-refractivity contribution in [2.75, 3.05) is 19.0 Å². The van der Waals surface area contributed by atoms with Crippen LogP contribution >= 0.6 is 31.9 Å². The van der Waals surface area contributed by atoms with Crippen LogP contribution in [0.2, 0.25) is 0 Å². The van der Waals surface area contributed by atoms with Gasteiger partial charge in [-0.05, 0) is 77.0 Å². The van der Waals surface area contributed by atoms with E-state index < -0.39 is 5.91 Å². The van der Waals surface area contributed by atoms with Crippen molar-refractivity contribution >= 4 is 49.5 Å². The van der Waals surface area contributed by atoms with E-state index in [1.54, 1.807) is 36.4 Å². The average Bonchev–Trinajstić information content (AvgIpc) is 2.83. The zero-order valence-corrected chi connectivity index (χ0v) is 21.8. The molecule has 0 aliphatic heterocycles. The van der Waals surface area contributed by atoms with Gasteiger partial charge in [-0.2, -0.15) is 5.26 Å². The van der Waals surface area contributed by atoms with Gasteiger partial charge in [0.15, 0.2) is 11.5 Å². The highest BCUT2D eigenvalue weighted by Crippen LogP contribution is 2.38. The predicted molar refractivity (Wildman–Crippen MR) is 139 cm³/mol. The molecular weight excluding hydrogens is 564 g/mol. The number of nitriles is 1. The average molecular weight is 586 g/mol. The second-order valence-electron chi connectivity index (χ2n) is 7.00. The van der Waals surface area contributed by atoms with Crippen LogP contribution in [0.4, 0.5) is 5.69 Å². The van der Waals surface area contributed by atoms with Crippen LogP contribution in [-0.2, 0) is 11.4 Å². The first-order valence-electron chi connectivity index (χ1n) is 10.3. The Hall–Kier alpha value is -3.28. The monoisotopic (exact) mass is 584 g/mol. The van der Waals surface area contributed by atoms with Crippen LogP contribution in [0.15, 0.2) is 75.2 Å². The van der Waals surface area contributed by atoms with Crippen LogP contribution < -0.4 is 19.5 Å². The molecule has 0 fully saturated rings. The molecule has 0 bridgehead atoms. The first-order chi connectivity index (χ1) is 16.4. The summed E-state index contributed by atoms with van der Waals surface area (Å²) in [4.78, 5) is 12.7. The molecule has 1 N–H and O–H groups in total. The highest BCUT2D eigenvalue weighted by Gasteiger charge is 2.15. The lowest BCUT2D eigenvalue weighted by atomic mass is 10.1. The molecule has 1 amide bonds. The van der Waals surface area contributed by atoms with Crippen LogP contribution in [0.5, 0.6) is 17.2 Å². The number of carbonyl (C=O) groups excluding carboxylic acids is 1. The first kappa shape index (κ1) is 25.3. The number of nitrogens with zero attached hydrogens (tertiary/aromatic N) is 1. The molecule has 3 rings (SSSR count). The summed E-state index contributed by atoms with van der Waals surface area (Å²) in [6, 6.07) is 20.2. The van der Waals surface area contributed by atoms with Gasteiger partial charge < -0.3 is 19.5 Å². The molecule has 3 aromatic rings. The number of hydrogen-bond donors (Lipinski definition) is 1. The van der Waals surface area contributed by atoms with Gasteiger partial charge in [-0.1, -0.05) is 34.1 Å². The Kier molecular flexibility index (Phi) is 9.14. The second-order valence-corrected chi connectivity index (χ2v) is 8.70. The minimum atomic E-state index is -0.518. The van der Waals surface area contributed by atoms with E-state index >= 15 is 0 Å². The number of anilines is 1. The van der Waals surface area contributed by atoms with Crippen LogP contribution in [0.3, 0.4) is 0 Å². The Bertz CT molecular complexity index is 1230. The Balaban J connectivity index is 1.78. The van der Waals surface area contributed by atoms with Crippen molar-refractivity contribution in [1.29, 1.82) is 5.26 Å². The van der Waals surface area contributed by atoms with Crippen molar-refractivity contribution < 1.29 is 19.0 Å². The van der Waals surface area contributed by atoms with Gasteiger partial charge in [0, 0.05) is 15.7 Å². The predicted octanol–water partition coefficient (Wildman–Crippen LogP) is 6.74. The lowest BCUT2D eigenvalue weighted by Gasteiger charge is -2.14. The highest BCUT2D eigenvalue weighted by molar-refractivity contribution is 9.10. The van der Waals surface area contributed by atoms with E-state index in [2.05, 4.69) is 37.2 Å². The fourth-order valence-corrected chi connectivity index (χ4v) is 4.02. The van der Waals surface area contributed by atoms with E-state index in [9.17, 15) is 10.1 Å². The number of amides is 1. The third-order valence-corrected chi connectivity index (χ3v) is 6.04. The largest absolute Gasteiger partial charge is 0.494 e. The summed E-state index contributed by atoms with van der Waals surface area (Å²) in [5, 5.41) is 12.3. The van der Waals surface area contributed by atoms with Gasteiger partial charge in [0.2, 0.25) is 0 Å². The highest BCUT2D eigenvalue weighted by atomic mass is 79.9. The molecule has 0 aromatic heterocycles. The Morgan fingerprint density at radius 1 is 1.06 bits per heavy atom. The molecule has 34 heavy (non-hydrogen) atoms. The molecule has 0 saturated heterocycles. The molecule has 0 aliphatic rings. The zero-order valence-electron chi connectivity index (χ0n) is 18.6. The molecule has 0 heterocycles. The zero-order chi connectivity index (χ0) is 24.5. The number of carbonyl (C=O) groups is 1. The maximum Gasteiger partial charge on any atom is 0.266 e. The summed E-state index contributed by atoms with van der Waals surface area (Å²) < 4.78 is 18.5. The maximum atomic E-state index is 12.7. The van der Waals surface area contributed by atoms with E-state index in [-0.39, 0.29) is 5.57 Å². The third kappa shape index (κ3) is 6.62. The lowest BCUT2D eigenvalue weighted by Crippen LogP contribution is -2.13. The first-order valence-corrected chi connectivity index (χ1v) is 11.9. The van der Waals surface area contributed by atoms with Crippen molar-refractivity contribution in [1.82, 2.24) is 0 Å². The van der Waals surface area contributed by atoms with Crippen molar-refractivity contribution in [3.8, 4) is 23.3 Å². The fourth-order valence-electron chi connectivity index (χ4n) is 3.04. The van der Waals surface area contributed by atoms with E-state index in [4.69, 9.17) is 14.2 Å². The number of hydrogen-bond acceptors (Lipinski definition) is 5. The number of ether oxygens (including phenoxy) is 3. The molecule has 0 spiro atoms. The number of methoxy groups -OCH3 is 1. The van der Waals surface area contributed by atoms with E-state index in [1.165, 1.54) is 13.2 Å². The minimum Gasteiger partial charge on any atom is -0.494 e. The summed E-state index contributed by atoms with van der Waals surface area (Å²) >= 11 is 7.02. The molecule has 0 saturated carbocycles. The standard InChI is InChI=1S/C26H22Br2N2O4/c1-3-33-21-10-8-20(9-11-21)30-26(31)19(15-29)12-17-13-23(28)25(24(14-17)32-2)34-16-18-6-4-5-7-22(18)27/h4-14H,3,16H2,1-2H3,(H,30,31)/b19-12+. The number of nitrogens with one attached hydrogen (secondary N) is 1. The van der Waals surface area contributed by atoms with E-state index in [0.29, 0.717) is 46.2 Å². The molecule has 3 aromatic carbocycles. The quantitative estimate of drug-likeness (QED) is 0.222. The molecule has 6 nitrogen and oxygen atoms in total. The number of benzene rings is 3. The second kappa shape index (κ2) is 12.3. The molecule has 8 heteroatoms. The molecule has 174 valence electrons. The molecule has 0 atom stereocenters. The van der Waals surface area contributed by atoms with Crippen LogP contribution in [-0.4, -0.2) is 19.6 Å². The summed E-state index contributed by atoms with van der Waals surface area (Å²) in [6.07, 6.45) is 1.49. The number of rotatable bonds is 9. The molecule has 0 unspecified atom stereocenters. The van der Waals surface area contributed by atoms with Gasteiger partial charge in [-0.25, -0.2) is 0 Å². The topological polar surface area (TPSA) is 80.6 Å². The third-order valence-electron chi connectivity index (χ3n) is 4.68. The van der Waals surface area contributed by atoms with Gasteiger partial charge in [0.25, 0.3) is 5.91 Å². The lowest BCUT2D eigenvalue weighted by molar-refractivity contribution is -0.112. The Morgan fingerprint density at radius 2 is 1.79 bits per heavy atom. The Labute approximate surface area is 215 Å². The van der Waals surface area contributed by atoms with E-state index in [0.717, 1.165) is 10.0 Å². The maximum absolute atomic E-state index is 12.7. The van der Waals surface area contributed by atoms with Gasteiger partial charge in [0.05, 0.1) is 18.2 Å². The summed E-state index contributed by atoms with van der Waals surface area (Å²) in [5.41, 5.74) is 2.10. The van der Waals surface area contributed by atoms with Gasteiger partial charge in [-0.15, -0.1) is 0 Å².